The number of ether oxygens (including phenoxy) is 1. The van der Waals surface area contributed by atoms with E-state index in [2.05, 4.69) is 32.4 Å². The molecule has 2 aromatic heterocycles. The molecule has 0 fully saturated rings. The van der Waals surface area contributed by atoms with Crippen molar-refractivity contribution in [3.63, 3.8) is 0 Å². The molecule has 0 atom stereocenters. The number of hydrogen-bond donors (Lipinski definition) is 2. The number of aromatic nitrogens is 2. The quantitative estimate of drug-likeness (QED) is 0.366. The summed E-state index contributed by atoms with van der Waals surface area (Å²) in [5, 5.41) is 7.13. The molecule has 0 bridgehead atoms. The molecule has 6 nitrogen and oxygen atoms in total. The molecule has 0 unspecified atom stereocenters. The van der Waals surface area contributed by atoms with Crippen molar-refractivity contribution in [1.82, 2.24) is 15.3 Å². The molecule has 0 aliphatic heterocycles. The highest BCUT2D eigenvalue weighted by Gasteiger charge is 2.10. The van der Waals surface area contributed by atoms with Crippen molar-refractivity contribution in [2.45, 2.75) is 13.5 Å². The Hall–Kier alpha value is -3.67. The van der Waals surface area contributed by atoms with Crippen LogP contribution in [0.1, 0.15) is 17.4 Å². The minimum absolute atomic E-state index is 0.123. The molecule has 9 heteroatoms. The van der Waals surface area contributed by atoms with E-state index in [1.807, 2.05) is 12.1 Å². The van der Waals surface area contributed by atoms with Crippen LogP contribution in [0.2, 0.25) is 5.02 Å². The van der Waals surface area contributed by atoms with Gasteiger partial charge in [-0.3, -0.25) is 4.79 Å². The zero-order chi connectivity index (χ0) is 23.2. The van der Waals surface area contributed by atoms with E-state index in [4.69, 9.17) is 16.3 Å². The molecule has 0 saturated heterocycles. The van der Waals surface area contributed by atoms with Gasteiger partial charge in [-0.15, -0.1) is 11.3 Å². The number of nitrogens with zero attached hydrogens (tertiary/aromatic N) is 2. The predicted molar refractivity (Wildman–Crippen MR) is 128 cm³/mol. The second kappa shape index (κ2) is 10.3. The van der Waals surface area contributed by atoms with Gasteiger partial charge in [-0.05, 0) is 42.0 Å². The summed E-state index contributed by atoms with van der Waals surface area (Å²) in [5.74, 6) is 6.61. The van der Waals surface area contributed by atoms with Crippen molar-refractivity contribution in [2.75, 3.05) is 11.9 Å². The van der Waals surface area contributed by atoms with Crippen LogP contribution in [0.15, 0.2) is 54.9 Å². The molecular formula is C24H18ClFN4O2S. The fourth-order valence-electron chi connectivity index (χ4n) is 2.94. The lowest BCUT2D eigenvalue weighted by atomic mass is 10.2. The minimum Gasteiger partial charge on any atom is -0.487 e. The third-order valence-electron chi connectivity index (χ3n) is 4.44. The van der Waals surface area contributed by atoms with Gasteiger partial charge >= 0.3 is 0 Å². The summed E-state index contributed by atoms with van der Waals surface area (Å²) in [4.78, 5) is 21.2. The molecular weight excluding hydrogens is 463 g/mol. The average molecular weight is 481 g/mol. The second-order valence-corrected chi connectivity index (χ2v) is 8.39. The van der Waals surface area contributed by atoms with Crippen LogP contribution >= 0.6 is 22.9 Å². The van der Waals surface area contributed by atoms with Crippen LogP contribution in [-0.4, -0.2) is 22.4 Å². The van der Waals surface area contributed by atoms with E-state index >= 15 is 0 Å². The molecule has 2 aromatic carbocycles. The Labute approximate surface area is 198 Å². The second-order valence-electron chi connectivity index (χ2n) is 6.95. The first-order chi connectivity index (χ1) is 16.0. The van der Waals surface area contributed by atoms with E-state index in [0.29, 0.717) is 22.2 Å². The molecule has 0 saturated carbocycles. The van der Waals surface area contributed by atoms with Crippen LogP contribution < -0.4 is 15.4 Å². The van der Waals surface area contributed by atoms with Crippen molar-refractivity contribution in [3.8, 4) is 17.6 Å². The van der Waals surface area contributed by atoms with E-state index in [1.165, 1.54) is 36.7 Å². The largest absolute Gasteiger partial charge is 0.487 e. The number of nitrogens with one attached hydrogen (secondary N) is 2. The first-order valence-electron chi connectivity index (χ1n) is 9.89. The number of anilines is 2. The lowest BCUT2D eigenvalue weighted by Crippen LogP contribution is -2.19. The van der Waals surface area contributed by atoms with Gasteiger partial charge in [-0.25, -0.2) is 14.4 Å². The maximum Gasteiger partial charge on any atom is 0.217 e. The molecule has 0 aliphatic carbocycles. The number of carbonyl (C=O) groups excluding carboxylic acids is 1. The maximum atomic E-state index is 13.3. The summed E-state index contributed by atoms with van der Waals surface area (Å²) in [6.45, 7) is 1.94. The van der Waals surface area contributed by atoms with Crippen LogP contribution in [0.5, 0.6) is 5.75 Å². The molecule has 0 radical (unpaired) electrons. The predicted octanol–water partition coefficient (Wildman–Crippen LogP) is 5.29. The van der Waals surface area contributed by atoms with Crippen molar-refractivity contribution >= 4 is 50.6 Å². The molecule has 33 heavy (non-hydrogen) atoms. The number of hydrogen-bond acceptors (Lipinski definition) is 6. The van der Waals surface area contributed by atoms with Gasteiger partial charge in [0.25, 0.3) is 0 Å². The summed E-state index contributed by atoms with van der Waals surface area (Å²) in [7, 11) is 0. The Bertz CT molecular complexity index is 1380. The number of fused-ring (bicyclic) bond motifs is 1. The van der Waals surface area contributed by atoms with Crippen molar-refractivity contribution in [2.24, 2.45) is 0 Å². The Kier molecular flexibility index (Phi) is 7.03. The van der Waals surface area contributed by atoms with Gasteiger partial charge < -0.3 is 15.4 Å². The topological polar surface area (TPSA) is 76.1 Å². The zero-order valence-electron chi connectivity index (χ0n) is 17.5. The SMILES string of the molecule is CC(=O)NCC#Cc1cc2c(Nc3ccc(OCc4cccc(F)c4)c(Cl)c3)ncnc2s1. The summed E-state index contributed by atoms with van der Waals surface area (Å²) in [6.07, 6.45) is 1.48. The van der Waals surface area contributed by atoms with E-state index in [0.717, 1.165) is 20.8 Å². The van der Waals surface area contributed by atoms with Crippen molar-refractivity contribution in [1.29, 1.82) is 0 Å². The molecule has 166 valence electrons. The van der Waals surface area contributed by atoms with Gasteiger partial charge in [0.1, 0.15) is 35.1 Å². The van der Waals surface area contributed by atoms with Crippen LogP contribution in [0, 0.1) is 17.7 Å². The van der Waals surface area contributed by atoms with Crippen LogP contribution in [0.3, 0.4) is 0 Å². The van der Waals surface area contributed by atoms with Gasteiger partial charge in [-0.1, -0.05) is 35.6 Å². The maximum absolute atomic E-state index is 13.3. The lowest BCUT2D eigenvalue weighted by molar-refractivity contribution is -0.118. The number of rotatable bonds is 6. The highest BCUT2D eigenvalue weighted by Crippen LogP contribution is 2.32. The van der Waals surface area contributed by atoms with Gasteiger partial charge in [0.15, 0.2) is 0 Å². The Morgan fingerprint density at radius 1 is 1.21 bits per heavy atom. The fourth-order valence-corrected chi connectivity index (χ4v) is 4.05. The van der Waals surface area contributed by atoms with Crippen molar-refractivity contribution < 1.29 is 13.9 Å². The number of thiophene rings is 1. The summed E-state index contributed by atoms with van der Waals surface area (Å²) < 4.78 is 19.1. The Morgan fingerprint density at radius 3 is 2.88 bits per heavy atom. The van der Waals surface area contributed by atoms with E-state index in [9.17, 15) is 9.18 Å². The highest BCUT2D eigenvalue weighted by atomic mass is 35.5. The normalized spacial score (nSPS) is 10.4. The molecule has 1 amide bonds. The standard InChI is InChI=1S/C24H18ClFN4O2S/c1-15(31)27-9-3-6-19-12-20-23(28-14-29-24(20)33-19)30-18-7-8-22(21(25)11-18)32-13-16-4-2-5-17(26)10-16/h2,4-5,7-8,10-12,14H,9,13H2,1H3,(H,27,31)(H,28,29,30). The van der Waals surface area contributed by atoms with Crippen LogP contribution in [-0.2, 0) is 11.4 Å². The van der Waals surface area contributed by atoms with E-state index < -0.39 is 0 Å². The highest BCUT2D eigenvalue weighted by molar-refractivity contribution is 7.19. The number of benzene rings is 2. The van der Waals surface area contributed by atoms with E-state index in [-0.39, 0.29) is 24.9 Å². The third-order valence-corrected chi connectivity index (χ3v) is 5.70. The smallest absolute Gasteiger partial charge is 0.217 e. The fraction of sp³-hybridized carbons (Fsp3) is 0.125. The van der Waals surface area contributed by atoms with Crippen LogP contribution in [0.4, 0.5) is 15.9 Å². The van der Waals surface area contributed by atoms with Crippen molar-refractivity contribution in [3.05, 3.63) is 76.1 Å². The number of carbonyl (C=O) groups is 1. The lowest BCUT2D eigenvalue weighted by Gasteiger charge is -2.11. The summed E-state index contributed by atoms with van der Waals surface area (Å²) >= 11 is 7.83. The average Bonchev–Trinajstić information content (AvgIpc) is 3.20. The van der Waals surface area contributed by atoms with Gasteiger partial charge in [-0.2, -0.15) is 0 Å². The summed E-state index contributed by atoms with van der Waals surface area (Å²) in [5.41, 5.74) is 1.44. The number of amides is 1. The minimum atomic E-state index is -0.312. The molecule has 4 rings (SSSR count). The van der Waals surface area contributed by atoms with Gasteiger partial charge in [0, 0.05) is 12.6 Å². The first kappa shape index (κ1) is 22.5. The Morgan fingerprint density at radius 2 is 2.09 bits per heavy atom. The molecule has 0 spiro atoms. The van der Waals surface area contributed by atoms with Gasteiger partial charge in [0.2, 0.25) is 5.91 Å². The zero-order valence-corrected chi connectivity index (χ0v) is 19.1. The third kappa shape index (κ3) is 5.98. The summed E-state index contributed by atoms with van der Waals surface area (Å²) in [6, 6.07) is 13.4. The molecule has 2 heterocycles. The molecule has 0 aliphatic rings. The van der Waals surface area contributed by atoms with Crippen LogP contribution in [0.25, 0.3) is 10.2 Å². The monoisotopic (exact) mass is 480 g/mol. The van der Waals surface area contributed by atoms with E-state index in [1.54, 1.807) is 24.3 Å². The molecule has 4 aromatic rings. The number of halogens is 2. The van der Waals surface area contributed by atoms with Gasteiger partial charge in [0.05, 0.1) is 21.8 Å². The Balaban J connectivity index is 1.47. The first-order valence-corrected chi connectivity index (χ1v) is 11.1. The molecule has 2 N–H and O–H groups in total.